The number of hydrogen-bond donors (Lipinski definition) is 2. The molecule has 0 saturated heterocycles. The number of carbonyl (C=O) groups excluding carboxylic acids is 1. The van der Waals surface area contributed by atoms with Gasteiger partial charge in [0.25, 0.3) is 0 Å². The summed E-state index contributed by atoms with van der Waals surface area (Å²) in [7, 11) is 0. The van der Waals surface area contributed by atoms with Crippen LogP contribution in [0.25, 0.3) is 6.08 Å². The van der Waals surface area contributed by atoms with E-state index in [0.29, 0.717) is 15.6 Å². The Hall–Kier alpha value is -1.03. The molecule has 3 nitrogen and oxygen atoms in total. The average Bonchev–Trinajstić information content (AvgIpc) is 2.30. The number of carbonyl (C=O) groups is 1. The van der Waals surface area contributed by atoms with Gasteiger partial charge in [-0.3, -0.25) is 4.79 Å². The molecule has 0 fully saturated rings. The zero-order valence-corrected chi connectivity index (χ0v) is 10.8. The van der Waals surface area contributed by atoms with Crippen LogP contribution in [-0.4, -0.2) is 23.7 Å². The normalized spacial score (nSPS) is 12.7. The molecule has 0 aliphatic carbocycles. The first-order valence-corrected chi connectivity index (χ1v) is 5.83. The Kier molecular flexibility index (Phi) is 5.48. The van der Waals surface area contributed by atoms with Gasteiger partial charge < -0.3 is 10.4 Å². The molecule has 0 unspecified atom stereocenters. The Morgan fingerprint density at radius 2 is 2.24 bits per heavy atom. The first kappa shape index (κ1) is 14.0. The number of amides is 1. The second kappa shape index (κ2) is 6.64. The summed E-state index contributed by atoms with van der Waals surface area (Å²) in [6.45, 7) is 1.61. The van der Waals surface area contributed by atoms with E-state index in [1.807, 2.05) is 0 Å². The second-order valence-electron chi connectivity index (χ2n) is 3.59. The number of aliphatic hydroxyl groups is 1. The predicted octanol–water partition coefficient (Wildman–Crippen LogP) is 2.50. The van der Waals surface area contributed by atoms with E-state index < -0.39 is 0 Å². The lowest BCUT2D eigenvalue weighted by molar-refractivity contribution is -0.117. The SMILES string of the molecule is C[C@@H](CO)NC(=O)C=Cc1cc(Cl)ccc1Cl. The molecule has 0 spiro atoms. The molecular weight excluding hydrogens is 261 g/mol. The number of hydrogen-bond acceptors (Lipinski definition) is 2. The van der Waals surface area contributed by atoms with Crippen LogP contribution in [0.2, 0.25) is 10.0 Å². The minimum Gasteiger partial charge on any atom is -0.394 e. The topological polar surface area (TPSA) is 49.3 Å². The van der Waals surface area contributed by atoms with Crippen LogP contribution < -0.4 is 5.32 Å². The van der Waals surface area contributed by atoms with Crippen LogP contribution in [0.3, 0.4) is 0 Å². The molecule has 0 heterocycles. The molecule has 0 aromatic heterocycles. The van der Waals surface area contributed by atoms with Gasteiger partial charge in [-0.15, -0.1) is 0 Å². The molecule has 1 rings (SSSR count). The van der Waals surface area contributed by atoms with Crippen molar-refractivity contribution in [1.29, 1.82) is 0 Å². The maximum Gasteiger partial charge on any atom is 0.244 e. The van der Waals surface area contributed by atoms with Crippen molar-refractivity contribution in [3.63, 3.8) is 0 Å². The van der Waals surface area contributed by atoms with Gasteiger partial charge in [0, 0.05) is 22.2 Å². The van der Waals surface area contributed by atoms with Crippen LogP contribution in [0.15, 0.2) is 24.3 Å². The van der Waals surface area contributed by atoms with E-state index in [-0.39, 0.29) is 18.6 Å². The lowest BCUT2D eigenvalue weighted by Crippen LogP contribution is -2.33. The fourth-order valence-corrected chi connectivity index (χ4v) is 1.51. The van der Waals surface area contributed by atoms with Crippen molar-refractivity contribution in [3.8, 4) is 0 Å². The highest BCUT2D eigenvalue weighted by atomic mass is 35.5. The Bertz CT molecular complexity index is 433. The van der Waals surface area contributed by atoms with Gasteiger partial charge >= 0.3 is 0 Å². The number of nitrogens with one attached hydrogen (secondary N) is 1. The molecule has 92 valence electrons. The maximum absolute atomic E-state index is 11.4. The molecule has 17 heavy (non-hydrogen) atoms. The van der Waals surface area contributed by atoms with Crippen molar-refractivity contribution in [2.24, 2.45) is 0 Å². The number of aliphatic hydroxyl groups excluding tert-OH is 1. The van der Waals surface area contributed by atoms with E-state index >= 15 is 0 Å². The van der Waals surface area contributed by atoms with E-state index in [2.05, 4.69) is 5.32 Å². The van der Waals surface area contributed by atoms with Gasteiger partial charge in [-0.1, -0.05) is 23.2 Å². The minimum absolute atomic E-state index is 0.0997. The first-order valence-electron chi connectivity index (χ1n) is 5.07. The lowest BCUT2D eigenvalue weighted by atomic mass is 10.2. The van der Waals surface area contributed by atoms with Gasteiger partial charge in [0.1, 0.15) is 0 Å². The van der Waals surface area contributed by atoms with Crippen molar-refractivity contribution >= 4 is 35.2 Å². The average molecular weight is 274 g/mol. The molecule has 0 radical (unpaired) electrons. The smallest absolute Gasteiger partial charge is 0.244 e. The van der Waals surface area contributed by atoms with E-state index in [9.17, 15) is 4.79 Å². The zero-order chi connectivity index (χ0) is 12.8. The third kappa shape index (κ3) is 4.77. The summed E-state index contributed by atoms with van der Waals surface area (Å²) in [5, 5.41) is 12.4. The van der Waals surface area contributed by atoms with Crippen LogP contribution in [0.4, 0.5) is 0 Å². The molecule has 1 atom stereocenters. The summed E-state index contributed by atoms with van der Waals surface area (Å²) in [5.74, 6) is -0.289. The summed E-state index contributed by atoms with van der Waals surface area (Å²) in [6, 6.07) is 4.73. The quantitative estimate of drug-likeness (QED) is 0.829. The van der Waals surface area contributed by atoms with Gasteiger partial charge in [0.15, 0.2) is 0 Å². The van der Waals surface area contributed by atoms with Crippen LogP contribution in [0.5, 0.6) is 0 Å². The molecule has 0 aliphatic heterocycles. The molecule has 0 bridgehead atoms. The zero-order valence-electron chi connectivity index (χ0n) is 9.28. The van der Waals surface area contributed by atoms with E-state index in [4.69, 9.17) is 28.3 Å². The standard InChI is InChI=1S/C12H13Cl2NO2/c1-8(7-16)15-12(17)5-2-9-6-10(13)3-4-11(9)14/h2-6,8,16H,7H2,1H3,(H,15,17)/t8-/m0/s1. The highest BCUT2D eigenvalue weighted by molar-refractivity contribution is 6.34. The highest BCUT2D eigenvalue weighted by Crippen LogP contribution is 2.21. The van der Waals surface area contributed by atoms with E-state index in [0.717, 1.165) is 0 Å². The molecule has 5 heteroatoms. The molecular formula is C12H13Cl2NO2. The maximum atomic E-state index is 11.4. The first-order chi connectivity index (χ1) is 8.02. The van der Waals surface area contributed by atoms with Crippen molar-refractivity contribution in [2.75, 3.05) is 6.61 Å². The fourth-order valence-electron chi connectivity index (χ4n) is 1.14. The number of halogens is 2. The molecule has 0 saturated carbocycles. The Labute approximate surface area is 110 Å². The third-order valence-electron chi connectivity index (χ3n) is 2.03. The van der Waals surface area contributed by atoms with E-state index in [1.54, 1.807) is 31.2 Å². The van der Waals surface area contributed by atoms with Crippen LogP contribution in [0.1, 0.15) is 12.5 Å². The Morgan fingerprint density at radius 1 is 1.53 bits per heavy atom. The van der Waals surface area contributed by atoms with Crippen LogP contribution >= 0.6 is 23.2 Å². The number of rotatable bonds is 4. The largest absolute Gasteiger partial charge is 0.394 e. The third-order valence-corrected chi connectivity index (χ3v) is 2.61. The van der Waals surface area contributed by atoms with Gasteiger partial charge in [0.2, 0.25) is 5.91 Å². The van der Waals surface area contributed by atoms with Crippen molar-refractivity contribution in [3.05, 3.63) is 39.9 Å². The molecule has 1 aromatic rings. The van der Waals surface area contributed by atoms with Crippen LogP contribution in [0, 0.1) is 0 Å². The number of benzene rings is 1. The summed E-state index contributed by atoms with van der Waals surface area (Å²) in [4.78, 5) is 11.4. The summed E-state index contributed by atoms with van der Waals surface area (Å²) in [6.07, 6.45) is 2.93. The summed E-state index contributed by atoms with van der Waals surface area (Å²) in [5.41, 5.74) is 0.672. The van der Waals surface area contributed by atoms with Gasteiger partial charge in [-0.2, -0.15) is 0 Å². The predicted molar refractivity (Wildman–Crippen MR) is 70.2 cm³/mol. The fraction of sp³-hybridized carbons (Fsp3) is 0.250. The van der Waals surface area contributed by atoms with Crippen molar-refractivity contribution in [1.82, 2.24) is 5.32 Å². The van der Waals surface area contributed by atoms with Gasteiger partial charge in [-0.05, 0) is 36.8 Å². The summed E-state index contributed by atoms with van der Waals surface area (Å²) < 4.78 is 0. The highest BCUT2D eigenvalue weighted by Gasteiger charge is 2.03. The van der Waals surface area contributed by atoms with Gasteiger partial charge in [-0.25, -0.2) is 0 Å². The Morgan fingerprint density at radius 3 is 2.88 bits per heavy atom. The summed E-state index contributed by atoms with van der Waals surface area (Å²) >= 11 is 11.7. The monoisotopic (exact) mass is 273 g/mol. The molecule has 2 N–H and O–H groups in total. The van der Waals surface area contributed by atoms with Crippen molar-refractivity contribution in [2.45, 2.75) is 13.0 Å². The van der Waals surface area contributed by atoms with Gasteiger partial charge in [0.05, 0.1) is 6.61 Å². The molecule has 1 aromatic carbocycles. The van der Waals surface area contributed by atoms with E-state index in [1.165, 1.54) is 6.08 Å². The minimum atomic E-state index is -0.289. The van der Waals surface area contributed by atoms with Crippen molar-refractivity contribution < 1.29 is 9.90 Å². The van der Waals surface area contributed by atoms with Crippen LogP contribution in [-0.2, 0) is 4.79 Å². The molecule has 1 amide bonds. The Balaban J connectivity index is 2.70. The second-order valence-corrected chi connectivity index (χ2v) is 4.44. The molecule has 0 aliphatic rings. The lowest BCUT2D eigenvalue weighted by Gasteiger charge is -2.07.